The molecular weight excluding hydrogens is 320 g/mol. The number of rotatable bonds is 3. The summed E-state index contributed by atoms with van der Waals surface area (Å²) in [6.45, 7) is 0. The molecule has 22 heavy (non-hydrogen) atoms. The Morgan fingerprint density at radius 3 is 2.82 bits per heavy atom. The number of benzene rings is 1. The maximum absolute atomic E-state index is 6.21. The van der Waals surface area contributed by atoms with Crippen LogP contribution in [0.25, 0.3) is 15.7 Å². The number of aryl methyl sites for hydroxylation is 1. The zero-order chi connectivity index (χ0) is 15.1. The van der Waals surface area contributed by atoms with Gasteiger partial charge in [0.2, 0.25) is 4.96 Å². The van der Waals surface area contributed by atoms with Gasteiger partial charge in [-0.3, -0.25) is 4.68 Å². The molecule has 0 N–H and O–H groups in total. The first-order valence-electron chi connectivity index (χ1n) is 6.65. The van der Waals surface area contributed by atoms with Crippen molar-refractivity contribution < 1.29 is 0 Å². The summed E-state index contributed by atoms with van der Waals surface area (Å²) in [6.07, 6.45) is 2.35. The molecule has 3 heterocycles. The van der Waals surface area contributed by atoms with E-state index in [9.17, 15) is 0 Å². The van der Waals surface area contributed by atoms with E-state index in [0.717, 1.165) is 32.1 Å². The molecule has 0 saturated carbocycles. The molecule has 0 saturated heterocycles. The van der Waals surface area contributed by atoms with Gasteiger partial charge < -0.3 is 0 Å². The largest absolute Gasteiger partial charge is 0.265 e. The number of halogens is 1. The summed E-state index contributed by atoms with van der Waals surface area (Å²) in [7, 11) is 1.89. The predicted molar refractivity (Wildman–Crippen MR) is 85.1 cm³/mol. The molecule has 110 valence electrons. The molecule has 0 spiro atoms. The molecule has 0 radical (unpaired) electrons. The molecule has 1 aromatic carbocycles. The zero-order valence-corrected chi connectivity index (χ0v) is 13.2. The van der Waals surface area contributed by atoms with Gasteiger partial charge in [0.05, 0.1) is 5.69 Å². The lowest BCUT2D eigenvalue weighted by molar-refractivity contribution is 0.770. The lowest BCUT2D eigenvalue weighted by Crippen LogP contribution is -1.99. The van der Waals surface area contributed by atoms with E-state index in [1.54, 1.807) is 15.4 Å². The van der Waals surface area contributed by atoms with Crippen molar-refractivity contribution in [2.24, 2.45) is 7.05 Å². The van der Waals surface area contributed by atoms with Gasteiger partial charge in [0, 0.05) is 24.7 Å². The molecule has 0 bridgehead atoms. The van der Waals surface area contributed by atoms with Gasteiger partial charge in [0.1, 0.15) is 0 Å². The molecule has 0 amide bonds. The van der Waals surface area contributed by atoms with Crippen molar-refractivity contribution in [2.75, 3.05) is 0 Å². The Bertz CT molecular complexity index is 953. The van der Waals surface area contributed by atoms with Crippen molar-refractivity contribution in [3.05, 3.63) is 52.9 Å². The third kappa shape index (κ3) is 2.18. The fraction of sp³-hybridized carbons (Fsp3) is 0.143. The van der Waals surface area contributed by atoms with E-state index in [1.165, 1.54) is 11.3 Å². The van der Waals surface area contributed by atoms with Crippen LogP contribution in [0.2, 0.25) is 5.02 Å². The van der Waals surface area contributed by atoms with Crippen molar-refractivity contribution in [1.82, 2.24) is 29.6 Å². The highest BCUT2D eigenvalue weighted by atomic mass is 35.5. The Balaban J connectivity index is 1.75. The lowest BCUT2D eigenvalue weighted by Gasteiger charge is -2.01. The number of hydrogen-bond donors (Lipinski definition) is 0. The first-order valence-corrected chi connectivity index (χ1v) is 7.85. The van der Waals surface area contributed by atoms with Crippen molar-refractivity contribution >= 4 is 27.9 Å². The van der Waals surface area contributed by atoms with Gasteiger partial charge in [-0.15, -0.1) is 10.2 Å². The molecule has 0 aliphatic heterocycles. The van der Waals surface area contributed by atoms with Crippen LogP contribution < -0.4 is 0 Å². The van der Waals surface area contributed by atoms with Crippen LogP contribution in [0.3, 0.4) is 0 Å². The first kappa shape index (κ1) is 13.4. The van der Waals surface area contributed by atoms with Crippen LogP contribution in [0, 0.1) is 0 Å². The minimum Gasteiger partial charge on any atom is -0.265 e. The maximum atomic E-state index is 6.21. The fourth-order valence-electron chi connectivity index (χ4n) is 2.27. The number of nitrogens with zero attached hydrogens (tertiary/aromatic N) is 6. The molecule has 0 aliphatic carbocycles. The van der Waals surface area contributed by atoms with Crippen LogP contribution in [0.15, 0.2) is 36.5 Å². The summed E-state index contributed by atoms with van der Waals surface area (Å²) in [5.74, 6) is 0.771. The molecule has 0 fully saturated rings. The number of aromatic nitrogens is 6. The normalized spacial score (nSPS) is 11.4. The Kier molecular flexibility index (Phi) is 3.16. The highest BCUT2D eigenvalue weighted by Gasteiger charge is 2.15. The Morgan fingerprint density at radius 1 is 1.18 bits per heavy atom. The SMILES string of the molecule is Cn1nccc1-c1nn2c(Cc3ccccc3Cl)nnc2s1. The first-order chi connectivity index (χ1) is 10.7. The van der Waals surface area contributed by atoms with Crippen LogP contribution in [-0.4, -0.2) is 29.6 Å². The van der Waals surface area contributed by atoms with Gasteiger partial charge in [-0.05, 0) is 17.7 Å². The molecular formula is C14H11ClN6S. The summed E-state index contributed by atoms with van der Waals surface area (Å²) in [5.41, 5.74) is 1.97. The van der Waals surface area contributed by atoms with Crippen molar-refractivity contribution in [2.45, 2.75) is 6.42 Å². The minimum absolute atomic E-state index is 0.593. The average Bonchev–Trinajstić information content (AvgIpc) is 3.18. The minimum atomic E-state index is 0.593. The third-order valence-electron chi connectivity index (χ3n) is 3.40. The molecule has 4 aromatic rings. The summed E-state index contributed by atoms with van der Waals surface area (Å²) in [4.78, 5) is 0.762. The quantitative estimate of drug-likeness (QED) is 0.579. The van der Waals surface area contributed by atoms with Crippen molar-refractivity contribution in [1.29, 1.82) is 0 Å². The second-order valence-corrected chi connectivity index (χ2v) is 6.19. The van der Waals surface area contributed by atoms with Gasteiger partial charge >= 0.3 is 0 Å². The van der Waals surface area contributed by atoms with Gasteiger partial charge in [0.15, 0.2) is 10.8 Å². The Morgan fingerprint density at radius 2 is 2.05 bits per heavy atom. The fourth-order valence-corrected chi connectivity index (χ4v) is 3.38. The monoisotopic (exact) mass is 330 g/mol. The molecule has 8 heteroatoms. The number of hydrogen-bond acceptors (Lipinski definition) is 5. The van der Waals surface area contributed by atoms with Gasteiger partial charge in [-0.25, -0.2) is 0 Å². The topological polar surface area (TPSA) is 60.9 Å². The molecule has 4 rings (SSSR count). The average molecular weight is 331 g/mol. The molecule has 0 unspecified atom stereocenters. The van der Waals surface area contributed by atoms with Gasteiger partial charge in [-0.1, -0.05) is 41.1 Å². The van der Waals surface area contributed by atoms with E-state index < -0.39 is 0 Å². The Hall–Kier alpha value is -2.25. The van der Waals surface area contributed by atoms with Crippen molar-refractivity contribution in [3.63, 3.8) is 0 Å². The second-order valence-electron chi connectivity index (χ2n) is 4.83. The van der Waals surface area contributed by atoms with E-state index in [2.05, 4.69) is 20.4 Å². The molecule has 0 atom stereocenters. The van der Waals surface area contributed by atoms with Gasteiger partial charge in [-0.2, -0.15) is 14.7 Å². The van der Waals surface area contributed by atoms with Gasteiger partial charge in [0.25, 0.3) is 0 Å². The smallest absolute Gasteiger partial charge is 0.235 e. The van der Waals surface area contributed by atoms with Crippen LogP contribution in [-0.2, 0) is 13.5 Å². The summed E-state index contributed by atoms with van der Waals surface area (Å²) < 4.78 is 3.57. The van der Waals surface area contributed by atoms with E-state index in [-0.39, 0.29) is 0 Å². The lowest BCUT2D eigenvalue weighted by atomic mass is 10.1. The van der Waals surface area contributed by atoms with Crippen LogP contribution >= 0.6 is 22.9 Å². The summed E-state index contributed by atoms with van der Waals surface area (Å²) in [6, 6.07) is 9.66. The molecule has 3 aromatic heterocycles. The van der Waals surface area contributed by atoms with Crippen LogP contribution in [0.4, 0.5) is 0 Å². The third-order valence-corrected chi connectivity index (χ3v) is 4.69. The van der Waals surface area contributed by atoms with Crippen molar-refractivity contribution in [3.8, 4) is 10.7 Å². The molecule has 6 nitrogen and oxygen atoms in total. The van der Waals surface area contributed by atoms with Crippen LogP contribution in [0.5, 0.6) is 0 Å². The predicted octanol–water partition coefficient (Wildman–Crippen LogP) is 2.83. The summed E-state index contributed by atoms with van der Waals surface area (Å²) in [5, 5.41) is 18.8. The van der Waals surface area contributed by atoms with E-state index in [4.69, 9.17) is 11.6 Å². The standard InChI is InChI=1S/C14H11ClN6S/c1-20-11(6-7-16-20)13-19-21-12(17-18-14(21)22-13)8-9-4-2-3-5-10(9)15/h2-7H,8H2,1H3. The van der Waals surface area contributed by atoms with E-state index in [1.807, 2.05) is 37.4 Å². The zero-order valence-electron chi connectivity index (χ0n) is 11.6. The number of fused-ring (bicyclic) bond motifs is 1. The highest BCUT2D eigenvalue weighted by Crippen LogP contribution is 2.26. The highest BCUT2D eigenvalue weighted by molar-refractivity contribution is 7.19. The summed E-state index contributed by atoms with van der Waals surface area (Å²) >= 11 is 7.70. The van der Waals surface area contributed by atoms with E-state index >= 15 is 0 Å². The second kappa shape index (κ2) is 5.19. The Labute approximate surface area is 135 Å². The molecule has 0 aliphatic rings. The maximum Gasteiger partial charge on any atom is 0.235 e. The van der Waals surface area contributed by atoms with Crippen LogP contribution in [0.1, 0.15) is 11.4 Å². The van der Waals surface area contributed by atoms with E-state index in [0.29, 0.717) is 6.42 Å².